The summed E-state index contributed by atoms with van der Waals surface area (Å²) >= 11 is 1.30. The van der Waals surface area contributed by atoms with Crippen molar-refractivity contribution in [3.8, 4) is 11.5 Å². The summed E-state index contributed by atoms with van der Waals surface area (Å²) in [7, 11) is 1.57. The van der Waals surface area contributed by atoms with Crippen LogP contribution in [0.1, 0.15) is 43.6 Å². The van der Waals surface area contributed by atoms with Crippen molar-refractivity contribution in [2.75, 3.05) is 20.3 Å². The maximum absolute atomic E-state index is 14.0. The first-order valence-corrected chi connectivity index (χ1v) is 13.3. The lowest BCUT2D eigenvalue weighted by Gasteiger charge is -2.25. The minimum Gasteiger partial charge on any atom is -0.493 e. The minimum atomic E-state index is -0.735. The molecule has 9 heteroatoms. The molecule has 1 unspecified atom stereocenters. The molecule has 1 N–H and O–H groups in total. The van der Waals surface area contributed by atoms with Crippen LogP contribution in [0, 0.1) is 6.92 Å². The Hall–Kier alpha value is -4.11. The Labute approximate surface area is 223 Å². The maximum Gasteiger partial charge on any atom is 0.338 e. The van der Waals surface area contributed by atoms with Crippen molar-refractivity contribution < 1.29 is 19.0 Å². The normalized spacial score (nSPS) is 15.4. The summed E-state index contributed by atoms with van der Waals surface area (Å²) in [5.41, 5.74) is 4.22. The highest BCUT2D eigenvalue weighted by atomic mass is 32.1. The first-order valence-electron chi connectivity index (χ1n) is 12.5. The summed E-state index contributed by atoms with van der Waals surface area (Å²) < 4.78 is 18.8. The van der Waals surface area contributed by atoms with Crippen LogP contribution in [0.15, 0.2) is 63.5 Å². The number of para-hydroxylation sites is 1. The molecule has 1 aliphatic heterocycles. The second-order valence-electron chi connectivity index (χ2n) is 8.85. The molecule has 1 aliphatic rings. The Morgan fingerprint density at radius 1 is 1.13 bits per heavy atom. The van der Waals surface area contributed by atoms with E-state index in [2.05, 4.69) is 9.98 Å². The van der Waals surface area contributed by atoms with Crippen molar-refractivity contribution in [3.63, 3.8) is 0 Å². The number of rotatable bonds is 7. The van der Waals surface area contributed by atoms with Crippen LogP contribution in [-0.2, 0) is 9.53 Å². The van der Waals surface area contributed by atoms with Crippen molar-refractivity contribution in [2.24, 2.45) is 4.99 Å². The van der Waals surface area contributed by atoms with Crippen LogP contribution in [0.5, 0.6) is 11.5 Å². The van der Waals surface area contributed by atoms with Crippen LogP contribution >= 0.6 is 11.3 Å². The van der Waals surface area contributed by atoms with E-state index >= 15 is 0 Å². The number of fused-ring (bicyclic) bond motifs is 2. The molecule has 0 bridgehead atoms. The van der Waals surface area contributed by atoms with Gasteiger partial charge in [0.05, 0.1) is 42.2 Å². The predicted octanol–water partition coefficient (Wildman–Crippen LogP) is 4.00. The molecule has 0 aliphatic carbocycles. The summed E-state index contributed by atoms with van der Waals surface area (Å²) in [5, 5.41) is 1.03. The third kappa shape index (κ3) is 4.32. The van der Waals surface area contributed by atoms with E-state index in [1.165, 1.54) is 11.3 Å². The molecular weight excluding hydrogens is 502 g/mol. The van der Waals surface area contributed by atoms with Gasteiger partial charge in [0.15, 0.2) is 16.3 Å². The van der Waals surface area contributed by atoms with Gasteiger partial charge in [-0.15, -0.1) is 0 Å². The minimum absolute atomic E-state index is 0.208. The van der Waals surface area contributed by atoms with Gasteiger partial charge in [0.25, 0.3) is 5.56 Å². The number of ether oxygens (including phenoxy) is 3. The molecule has 2 aromatic heterocycles. The topological polar surface area (TPSA) is 94.9 Å². The van der Waals surface area contributed by atoms with Crippen LogP contribution < -0.4 is 24.4 Å². The van der Waals surface area contributed by atoms with Gasteiger partial charge in [-0.25, -0.2) is 9.79 Å². The summed E-state index contributed by atoms with van der Waals surface area (Å²) in [6.45, 7) is 8.04. The van der Waals surface area contributed by atoms with E-state index in [-0.39, 0.29) is 12.2 Å². The molecule has 0 spiro atoms. The number of aromatic amines is 1. The number of benzene rings is 2. The number of thiazole rings is 1. The van der Waals surface area contributed by atoms with Gasteiger partial charge in [-0.05, 0) is 57.5 Å². The molecule has 0 fully saturated rings. The van der Waals surface area contributed by atoms with Crippen molar-refractivity contribution in [1.82, 2.24) is 9.55 Å². The molecule has 0 amide bonds. The van der Waals surface area contributed by atoms with Crippen molar-refractivity contribution >= 4 is 34.3 Å². The number of nitrogens with one attached hydrogen (secondary N) is 1. The van der Waals surface area contributed by atoms with Crippen LogP contribution in [0.2, 0.25) is 0 Å². The lowest BCUT2D eigenvalue weighted by Crippen LogP contribution is -2.40. The molecule has 1 atom stereocenters. The molecule has 0 radical (unpaired) electrons. The summed E-state index contributed by atoms with van der Waals surface area (Å²) in [5.74, 6) is 0.590. The highest BCUT2D eigenvalue weighted by molar-refractivity contribution is 7.07. The van der Waals surface area contributed by atoms with E-state index in [0.29, 0.717) is 44.3 Å². The second kappa shape index (κ2) is 10.3. The number of esters is 1. The first kappa shape index (κ1) is 25.5. The number of H-pyrrole nitrogens is 1. The quantitative estimate of drug-likeness (QED) is 0.364. The summed E-state index contributed by atoms with van der Waals surface area (Å²) in [6.07, 6.45) is 1.90. The summed E-state index contributed by atoms with van der Waals surface area (Å²) in [4.78, 5) is 35.7. The Kier molecular flexibility index (Phi) is 6.94. The maximum atomic E-state index is 14.0. The molecule has 0 saturated heterocycles. The van der Waals surface area contributed by atoms with Crippen LogP contribution in [0.4, 0.5) is 0 Å². The Morgan fingerprint density at radius 2 is 1.92 bits per heavy atom. The largest absolute Gasteiger partial charge is 0.493 e. The third-order valence-corrected chi connectivity index (χ3v) is 7.52. The van der Waals surface area contributed by atoms with Gasteiger partial charge in [-0.1, -0.05) is 35.6 Å². The number of nitrogens with zero attached hydrogens (tertiary/aromatic N) is 2. The Balaban J connectivity index is 1.76. The average molecular weight is 532 g/mol. The van der Waals surface area contributed by atoms with E-state index in [1.54, 1.807) is 31.6 Å². The molecule has 8 nitrogen and oxygen atoms in total. The van der Waals surface area contributed by atoms with Gasteiger partial charge in [0.1, 0.15) is 0 Å². The number of aryl methyl sites for hydroxylation is 1. The zero-order chi connectivity index (χ0) is 27.0. The molecule has 0 saturated carbocycles. The number of hydrogen-bond donors (Lipinski definition) is 1. The van der Waals surface area contributed by atoms with E-state index < -0.39 is 12.0 Å². The number of carbonyl (C=O) groups is 1. The zero-order valence-corrected chi connectivity index (χ0v) is 22.8. The smallest absolute Gasteiger partial charge is 0.338 e. The van der Waals surface area contributed by atoms with Crippen molar-refractivity contribution in [3.05, 3.63) is 90.2 Å². The molecular formula is C29H29N3O5S. The Bertz CT molecular complexity index is 1760. The van der Waals surface area contributed by atoms with E-state index in [9.17, 15) is 9.59 Å². The monoisotopic (exact) mass is 531 g/mol. The Morgan fingerprint density at radius 3 is 2.66 bits per heavy atom. The molecule has 3 heterocycles. The average Bonchev–Trinajstić information content (AvgIpc) is 3.38. The summed E-state index contributed by atoms with van der Waals surface area (Å²) in [6, 6.07) is 12.7. The van der Waals surface area contributed by atoms with E-state index in [4.69, 9.17) is 14.2 Å². The fourth-order valence-electron chi connectivity index (χ4n) is 4.85. The van der Waals surface area contributed by atoms with Crippen LogP contribution in [0.3, 0.4) is 0 Å². The molecule has 2 aromatic carbocycles. The zero-order valence-electron chi connectivity index (χ0n) is 22.0. The fraction of sp³-hybridized carbons (Fsp3) is 0.276. The van der Waals surface area contributed by atoms with Gasteiger partial charge in [-0.2, -0.15) is 0 Å². The predicted molar refractivity (Wildman–Crippen MR) is 148 cm³/mol. The van der Waals surface area contributed by atoms with Gasteiger partial charge >= 0.3 is 5.97 Å². The molecule has 196 valence electrons. The standard InChI is InChI=1S/C29H29N3O5S/c1-6-36-23-14-18(12-13-22(23)35-5)26-25(28(34)37-7-2)17(4)31-29-32(26)27(33)24(38-29)15-20-16(3)30-21-11-9-8-10-19(20)21/h8-15,26,30H,6-7H2,1-5H3/b24-15-. The van der Waals surface area contributed by atoms with Gasteiger partial charge in [0, 0.05) is 22.2 Å². The highest BCUT2D eigenvalue weighted by Crippen LogP contribution is 2.36. The van der Waals surface area contributed by atoms with Crippen LogP contribution in [-0.4, -0.2) is 35.8 Å². The molecule has 5 rings (SSSR count). The molecule has 38 heavy (non-hydrogen) atoms. The van der Waals surface area contributed by atoms with Crippen molar-refractivity contribution in [2.45, 2.75) is 33.7 Å². The lowest BCUT2D eigenvalue weighted by molar-refractivity contribution is -0.139. The van der Waals surface area contributed by atoms with Gasteiger partial charge in [-0.3, -0.25) is 9.36 Å². The number of hydrogen-bond acceptors (Lipinski definition) is 7. The number of allylic oxidation sites excluding steroid dienone is 1. The van der Waals surface area contributed by atoms with Gasteiger partial charge < -0.3 is 19.2 Å². The van der Waals surface area contributed by atoms with E-state index in [1.807, 2.05) is 56.3 Å². The number of aromatic nitrogens is 2. The van der Waals surface area contributed by atoms with Crippen LogP contribution in [0.25, 0.3) is 17.0 Å². The lowest BCUT2D eigenvalue weighted by atomic mass is 9.95. The first-order chi connectivity index (χ1) is 18.4. The second-order valence-corrected chi connectivity index (χ2v) is 9.86. The van der Waals surface area contributed by atoms with Gasteiger partial charge in [0.2, 0.25) is 0 Å². The van der Waals surface area contributed by atoms with E-state index in [0.717, 1.165) is 22.2 Å². The fourth-order valence-corrected chi connectivity index (χ4v) is 5.88. The molecule has 4 aromatic rings. The number of methoxy groups -OCH3 is 1. The number of carbonyl (C=O) groups excluding carboxylic acids is 1. The third-order valence-electron chi connectivity index (χ3n) is 6.54. The van der Waals surface area contributed by atoms with Crippen molar-refractivity contribution in [1.29, 1.82) is 0 Å². The highest BCUT2D eigenvalue weighted by Gasteiger charge is 2.34. The SMILES string of the molecule is CCOC(=O)C1=C(C)N=c2s/c(=C\c3c(C)[nH]c4ccccc34)c(=O)n2C1c1ccc(OC)c(OCC)c1.